The first-order valence-electron chi connectivity index (χ1n) is 19.0. The maximum atomic E-state index is 14.5. The fraction of sp³-hybridized carbons (Fsp3) is 0.711. The fourth-order valence-electron chi connectivity index (χ4n) is 7.97. The molecule has 5 aliphatic rings. The van der Waals surface area contributed by atoms with Crippen molar-refractivity contribution in [2.24, 2.45) is 16.7 Å². The summed E-state index contributed by atoms with van der Waals surface area (Å²) in [5.41, 5.74) is 0.742. The van der Waals surface area contributed by atoms with Gasteiger partial charge in [0.05, 0.1) is 18.4 Å². The lowest BCUT2D eigenvalue weighted by Crippen LogP contribution is -2.60. The predicted octanol–water partition coefficient (Wildman–Crippen LogP) is 3.90. The Balaban J connectivity index is 1.28. The van der Waals surface area contributed by atoms with E-state index in [-0.39, 0.29) is 37.3 Å². The number of cyclic esters (lactones) is 1. The molecule has 0 aromatic heterocycles. The average Bonchev–Trinajstić information content (AvgIpc) is 3.97. The topological polar surface area (TPSA) is 181 Å². The van der Waals surface area contributed by atoms with E-state index < -0.39 is 74.3 Å². The molecule has 3 heterocycles. The van der Waals surface area contributed by atoms with Crippen molar-refractivity contribution in [2.45, 2.75) is 141 Å². The lowest BCUT2D eigenvalue weighted by atomic mass is 9.85. The van der Waals surface area contributed by atoms with Gasteiger partial charge in [0.1, 0.15) is 23.7 Å². The second-order valence-electron chi connectivity index (χ2n) is 17.5. The summed E-state index contributed by atoms with van der Waals surface area (Å²) in [6.07, 6.45) is 2.94. The predicted molar refractivity (Wildman–Crippen MR) is 194 cm³/mol. The van der Waals surface area contributed by atoms with Crippen molar-refractivity contribution in [3.05, 3.63) is 34.9 Å². The van der Waals surface area contributed by atoms with Crippen molar-refractivity contribution in [3.8, 4) is 0 Å². The molecule has 2 aliphatic carbocycles. The van der Waals surface area contributed by atoms with Crippen LogP contribution in [0.25, 0.3) is 0 Å². The molecule has 4 unspecified atom stereocenters. The van der Waals surface area contributed by atoms with E-state index in [1.807, 2.05) is 32.9 Å². The van der Waals surface area contributed by atoms with E-state index in [1.54, 1.807) is 25.7 Å². The summed E-state index contributed by atoms with van der Waals surface area (Å²) < 4.78 is 39.3. The number of carbonyl (C=O) groups is 5. The summed E-state index contributed by atoms with van der Waals surface area (Å²) in [5.74, 6) is -2.33. The van der Waals surface area contributed by atoms with Crippen LogP contribution < -0.4 is 15.4 Å². The smallest absolute Gasteiger partial charge is 0.410 e. The highest BCUT2D eigenvalue weighted by molar-refractivity contribution is 7.91. The molecule has 5 amide bonds. The molecule has 3 N–H and O–H groups in total. The van der Waals surface area contributed by atoms with Crippen molar-refractivity contribution in [3.63, 3.8) is 0 Å². The third-order valence-corrected chi connectivity index (χ3v) is 13.3. The van der Waals surface area contributed by atoms with Crippen LogP contribution in [0.1, 0.15) is 110 Å². The molecule has 6 rings (SSSR count). The SMILES string of the molecule is CCC1C[C@]1(NC(=O)C1CC2CN1C(=O)C(C(C)(C)C)NC(=O)OCC(C)(C)CCCCc1cccc3c1CN(C3)C(=O)O2)C(=O)NS(=O)(=O)C1CC1. The quantitative estimate of drug-likeness (QED) is 0.388. The molecule has 5 atom stereocenters. The zero-order valence-corrected chi connectivity index (χ0v) is 32.6. The summed E-state index contributed by atoms with van der Waals surface area (Å²) in [6.45, 7) is 12.1. The zero-order chi connectivity index (χ0) is 38.5. The van der Waals surface area contributed by atoms with E-state index in [0.717, 1.165) is 36.8 Å². The number of amides is 5. The monoisotopic (exact) mass is 757 g/mol. The van der Waals surface area contributed by atoms with Gasteiger partial charge in [-0.2, -0.15) is 0 Å². The van der Waals surface area contributed by atoms with Crippen LogP contribution in [0.2, 0.25) is 0 Å². The number of sulfonamides is 1. The Morgan fingerprint density at radius 3 is 2.43 bits per heavy atom. The lowest BCUT2D eigenvalue weighted by molar-refractivity contribution is -0.143. The molecule has 4 bridgehead atoms. The molecule has 0 spiro atoms. The van der Waals surface area contributed by atoms with E-state index in [0.29, 0.717) is 32.4 Å². The van der Waals surface area contributed by atoms with Gasteiger partial charge in [-0.05, 0) is 72.0 Å². The Morgan fingerprint density at radius 2 is 1.77 bits per heavy atom. The first-order valence-corrected chi connectivity index (χ1v) is 20.6. The number of hydrogen-bond acceptors (Lipinski definition) is 9. The minimum Gasteiger partial charge on any atom is -0.449 e. The van der Waals surface area contributed by atoms with Gasteiger partial charge in [-0.3, -0.25) is 24.0 Å². The Hall–Kier alpha value is -3.88. The second kappa shape index (κ2) is 14.4. The Labute approximate surface area is 312 Å². The number of rotatable bonds is 6. The zero-order valence-electron chi connectivity index (χ0n) is 31.8. The molecule has 292 valence electrons. The van der Waals surface area contributed by atoms with Crippen LogP contribution in [-0.2, 0) is 53.4 Å². The van der Waals surface area contributed by atoms with Gasteiger partial charge in [0, 0.05) is 19.5 Å². The minimum atomic E-state index is -3.88. The maximum absolute atomic E-state index is 14.5. The molecule has 2 saturated carbocycles. The minimum absolute atomic E-state index is 0.0558. The van der Waals surface area contributed by atoms with E-state index in [4.69, 9.17) is 9.47 Å². The van der Waals surface area contributed by atoms with Crippen LogP contribution in [-0.4, -0.2) is 90.3 Å². The molecular formula is C38H55N5O9S. The Kier molecular flexibility index (Phi) is 10.6. The third-order valence-electron chi connectivity index (χ3n) is 11.5. The van der Waals surface area contributed by atoms with Crippen LogP contribution in [0.4, 0.5) is 9.59 Å². The molecule has 3 fully saturated rings. The van der Waals surface area contributed by atoms with Crippen molar-refractivity contribution < 1.29 is 41.9 Å². The first-order chi connectivity index (χ1) is 24.8. The summed E-state index contributed by atoms with van der Waals surface area (Å²) >= 11 is 0. The lowest BCUT2D eigenvalue weighted by Gasteiger charge is -2.35. The largest absolute Gasteiger partial charge is 0.449 e. The van der Waals surface area contributed by atoms with E-state index in [2.05, 4.69) is 21.4 Å². The van der Waals surface area contributed by atoms with Gasteiger partial charge in [-0.15, -0.1) is 0 Å². The first kappa shape index (κ1) is 38.8. The molecule has 0 radical (unpaired) electrons. The normalized spacial score (nSPS) is 29.4. The molecular weight excluding hydrogens is 703 g/mol. The Bertz CT molecular complexity index is 1750. The van der Waals surface area contributed by atoms with E-state index in [1.165, 1.54) is 10.5 Å². The van der Waals surface area contributed by atoms with Crippen LogP contribution in [0.15, 0.2) is 18.2 Å². The van der Waals surface area contributed by atoms with E-state index in [9.17, 15) is 32.4 Å². The molecule has 1 saturated heterocycles. The number of aryl methyl sites for hydroxylation is 1. The number of carbonyl (C=O) groups excluding carboxylic acids is 5. The number of ether oxygens (including phenoxy) is 2. The van der Waals surface area contributed by atoms with Crippen LogP contribution in [0, 0.1) is 16.7 Å². The molecule has 1 aromatic carbocycles. The van der Waals surface area contributed by atoms with Gasteiger partial charge in [0.25, 0.3) is 5.91 Å². The molecule has 14 nitrogen and oxygen atoms in total. The summed E-state index contributed by atoms with van der Waals surface area (Å²) in [7, 11) is -3.88. The highest BCUT2D eigenvalue weighted by atomic mass is 32.2. The van der Waals surface area contributed by atoms with Gasteiger partial charge in [-0.25, -0.2) is 18.0 Å². The molecule has 3 aliphatic heterocycles. The third kappa shape index (κ3) is 8.44. The van der Waals surface area contributed by atoms with Crippen LogP contribution in [0.5, 0.6) is 0 Å². The molecule has 15 heteroatoms. The number of alkyl carbamates (subject to hydrolysis) is 1. The Morgan fingerprint density at radius 1 is 1.06 bits per heavy atom. The standard InChI is InChI=1S/C38H55N5O9S/c1-7-25-18-38(25,33(46)41-53(49,50)27-14-15-27)40-31(44)29-17-26-20-43(29)32(45)30(36(2,3)4)39-34(47)51-22-37(5,6)16-9-8-11-23-12-10-13-24-19-42(21-28(23)24)35(48)52-26/h10,12-13,25-27,29-30H,7-9,11,14-22H2,1-6H3,(H,39,47)(H,40,44)(H,41,46)/t25?,26?,29?,30?,38-/m1/s1. The van der Waals surface area contributed by atoms with E-state index >= 15 is 0 Å². The highest BCUT2D eigenvalue weighted by Crippen LogP contribution is 2.47. The van der Waals surface area contributed by atoms with Gasteiger partial charge >= 0.3 is 12.2 Å². The maximum Gasteiger partial charge on any atom is 0.410 e. The summed E-state index contributed by atoms with van der Waals surface area (Å²) in [6, 6.07) is 3.80. The summed E-state index contributed by atoms with van der Waals surface area (Å²) in [5, 5.41) is 4.95. The van der Waals surface area contributed by atoms with Gasteiger partial charge in [0.15, 0.2) is 0 Å². The second-order valence-corrected chi connectivity index (χ2v) is 19.5. The number of nitrogens with zero attached hydrogens (tertiary/aromatic N) is 2. The number of benzene rings is 1. The van der Waals surface area contributed by atoms with Gasteiger partial charge in [0.2, 0.25) is 21.8 Å². The highest BCUT2D eigenvalue weighted by Gasteiger charge is 2.62. The van der Waals surface area contributed by atoms with Crippen LogP contribution >= 0.6 is 0 Å². The summed E-state index contributed by atoms with van der Waals surface area (Å²) in [4.78, 5) is 72.1. The van der Waals surface area contributed by atoms with Gasteiger partial charge < -0.3 is 25.0 Å². The van der Waals surface area contributed by atoms with Crippen LogP contribution in [0.3, 0.4) is 0 Å². The fourth-order valence-corrected chi connectivity index (χ4v) is 9.33. The number of hydrogen-bond donors (Lipinski definition) is 3. The van der Waals surface area contributed by atoms with Gasteiger partial charge in [-0.1, -0.05) is 72.6 Å². The number of fused-ring (bicyclic) bond motifs is 3. The molecule has 53 heavy (non-hydrogen) atoms. The van der Waals surface area contributed by atoms with Crippen molar-refractivity contribution in [1.82, 2.24) is 25.2 Å². The average molecular weight is 758 g/mol. The molecule has 1 aromatic rings. The van der Waals surface area contributed by atoms with Crippen molar-refractivity contribution in [1.29, 1.82) is 0 Å². The van der Waals surface area contributed by atoms with Crippen molar-refractivity contribution >= 4 is 39.9 Å². The number of nitrogens with one attached hydrogen (secondary N) is 3. The van der Waals surface area contributed by atoms with Crippen molar-refractivity contribution in [2.75, 3.05) is 13.2 Å².